The van der Waals surface area contributed by atoms with Crippen LogP contribution in [0.2, 0.25) is 0 Å². The molecule has 124 valence electrons. The first kappa shape index (κ1) is 16.6. The van der Waals surface area contributed by atoms with Crippen LogP contribution in [-0.4, -0.2) is 29.1 Å². The summed E-state index contributed by atoms with van der Waals surface area (Å²) in [6.07, 6.45) is 0. The predicted molar refractivity (Wildman–Crippen MR) is 94.8 cm³/mol. The SMILES string of the molecule is Cc1c(C(=O)N(CCO)Cc2ccccc2)sc2cccc(F)c12. The van der Waals surface area contributed by atoms with Crippen molar-refractivity contribution in [2.45, 2.75) is 13.5 Å². The predicted octanol–water partition coefficient (Wildman–Crippen LogP) is 3.98. The molecule has 2 aromatic carbocycles. The van der Waals surface area contributed by atoms with Gasteiger partial charge in [-0.25, -0.2) is 4.39 Å². The van der Waals surface area contributed by atoms with E-state index in [0.717, 1.165) is 10.3 Å². The Balaban J connectivity index is 1.96. The van der Waals surface area contributed by atoms with E-state index in [9.17, 15) is 14.3 Å². The van der Waals surface area contributed by atoms with Gasteiger partial charge in [-0.15, -0.1) is 11.3 Å². The third-order valence-corrected chi connectivity index (χ3v) is 5.22. The van der Waals surface area contributed by atoms with Gasteiger partial charge in [0.05, 0.1) is 11.5 Å². The van der Waals surface area contributed by atoms with Crippen molar-refractivity contribution in [1.82, 2.24) is 4.90 Å². The monoisotopic (exact) mass is 343 g/mol. The van der Waals surface area contributed by atoms with E-state index in [4.69, 9.17) is 0 Å². The molecule has 0 spiro atoms. The molecule has 0 saturated heterocycles. The van der Waals surface area contributed by atoms with Crippen molar-refractivity contribution < 1.29 is 14.3 Å². The molecule has 3 aromatic rings. The highest BCUT2D eigenvalue weighted by atomic mass is 32.1. The summed E-state index contributed by atoms with van der Waals surface area (Å²) in [5.41, 5.74) is 1.65. The van der Waals surface area contributed by atoms with Crippen LogP contribution in [0, 0.1) is 12.7 Å². The molecule has 1 heterocycles. The molecule has 0 saturated carbocycles. The number of amides is 1. The molecule has 24 heavy (non-hydrogen) atoms. The Labute approximate surface area is 144 Å². The summed E-state index contributed by atoms with van der Waals surface area (Å²) in [4.78, 5) is 15.1. The van der Waals surface area contributed by atoms with Crippen LogP contribution in [0.3, 0.4) is 0 Å². The number of carbonyl (C=O) groups excluding carboxylic acids is 1. The van der Waals surface area contributed by atoms with Crippen LogP contribution in [-0.2, 0) is 6.54 Å². The van der Waals surface area contributed by atoms with Gasteiger partial charge < -0.3 is 10.0 Å². The Kier molecular flexibility index (Phi) is 4.92. The van der Waals surface area contributed by atoms with Crippen molar-refractivity contribution in [3.8, 4) is 0 Å². The van der Waals surface area contributed by atoms with Gasteiger partial charge in [-0.2, -0.15) is 0 Å². The van der Waals surface area contributed by atoms with Crippen LogP contribution in [0.25, 0.3) is 10.1 Å². The highest BCUT2D eigenvalue weighted by Crippen LogP contribution is 2.33. The lowest BCUT2D eigenvalue weighted by Gasteiger charge is -2.21. The molecule has 0 atom stereocenters. The molecule has 1 N–H and O–H groups in total. The van der Waals surface area contributed by atoms with Crippen LogP contribution in [0.4, 0.5) is 4.39 Å². The average Bonchev–Trinajstić information content (AvgIpc) is 2.93. The van der Waals surface area contributed by atoms with Crippen molar-refractivity contribution in [2.75, 3.05) is 13.2 Å². The zero-order valence-corrected chi connectivity index (χ0v) is 14.1. The smallest absolute Gasteiger partial charge is 0.264 e. The van der Waals surface area contributed by atoms with Crippen LogP contribution in [0.1, 0.15) is 20.8 Å². The fourth-order valence-electron chi connectivity index (χ4n) is 2.78. The van der Waals surface area contributed by atoms with Gasteiger partial charge in [0.15, 0.2) is 0 Å². The second-order valence-electron chi connectivity index (χ2n) is 5.61. The van der Waals surface area contributed by atoms with E-state index in [1.807, 2.05) is 36.4 Å². The maximum Gasteiger partial charge on any atom is 0.264 e. The van der Waals surface area contributed by atoms with Gasteiger partial charge in [0.2, 0.25) is 0 Å². The third-order valence-electron chi connectivity index (χ3n) is 3.97. The highest BCUT2D eigenvalue weighted by molar-refractivity contribution is 7.21. The number of aryl methyl sites for hydroxylation is 1. The summed E-state index contributed by atoms with van der Waals surface area (Å²) >= 11 is 1.30. The van der Waals surface area contributed by atoms with Crippen molar-refractivity contribution in [2.24, 2.45) is 0 Å². The number of hydrogen-bond donors (Lipinski definition) is 1. The van der Waals surface area contributed by atoms with Gasteiger partial charge >= 0.3 is 0 Å². The Morgan fingerprint density at radius 2 is 1.92 bits per heavy atom. The number of hydrogen-bond acceptors (Lipinski definition) is 3. The van der Waals surface area contributed by atoms with Crippen molar-refractivity contribution in [1.29, 1.82) is 0 Å². The second-order valence-corrected chi connectivity index (χ2v) is 6.66. The molecule has 5 heteroatoms. The zero-order valence-electron chi connectivity index (χ0n) is 13.3. The number of carbonyl (C=O) groups is 1. The summed E-state index contributed by atoms with van der Waals surface area (Å²) in [5.74, 6) is -0.483. The van der Waals surface area contributed by atoms with E-state index in [2.05, 4.69) is 0 Å². The maximum atomic E-state index is 14.1. The molecule has 0 bridgehead atoms. The minimum absolute atomic E-state index is 0.114. The van der Waals surface area contributed by atoms with E-state index >= 15 is 0 Å². The Bertz CT molecular complexity index is 860. The Morgan fingerprint density at radius 1 is 1.17 bits per heavy atom. The summed E-state index contributed by atoms with van der Waals surface area (Å²) in [7, 11) is 0. The van der Waals surface area contributed by atoms with Gasteiger partial charge in [-0.3, -0.25) is 4.79 Å². The molecule has 0 aliphatic carbocycles. The molecule has 0 fully saturated rings. The van der Waals surface area contributed by atoms with Crippen LogP contribution in [0.15, 0.2) is 48.5 Å². The van der Waals surface area contributed by atoms with Crippen molar-refractivity contribution in [3.05, 3.63) is 70.4 Å². The van der Waals surface area contributed by atoms with Crippen molar-refractivity contribution >= 4 is 27.3 Å². The number of thiophene rings is 1. The van der Waals surface area contributed by atoms with E-state index in [1.165, 1.54) is 17.4 Å². The lowest BCUT2D eigenvalue weighted by molar-refractivity contribution is 0.0712. The first-order chi connectivity index (χ1) is 11.6. The molecular weight excluding hydrogens is 325 g/mol. The van der Waals surface area contributed by atoms with Gasteiger partial charge in [-0.05, 0) is 30.2 Å². The maximum absolute atomic E-state index is 14.1. The third kappa shape index (κ3) is 3.18. The van der Waals surface area contributed by atoms with Crippen LogP contribution < -0.4 is 0 Å². The summed E-state index contributed by atoms with van der Waals surface area (Å²) in [5, 5.41) is 9.82. The van der Waals surface area contributed by atoms with Gasteiger partial charge in [0, 0.05) is 23.2 Å². The topological polar surface area (TPSA) is 40.5 Å². The normalized spacial score (nSPS) is 11.0. The first-order valence-electron chi connectivity index (χ1n) is 7.73. The van der Waals surface area contributed by atoms with E-state index < -0.39 is 0 Å². The fraction of sp³-hybridized carbons (Fsp3) is 0.211. The average molecular weight is 343 g/mol. The Hall–Kier alpha value is -2.24. The number of halogens is 1. The number of aliphatic hydroxyl groups excluding tert-OH is 1. The fourth-order valence-corrected chi connectivity index (χ4v) is 3.97. The summed E-state index contributed by atoms with van der Waals surface area (Å²) in [6, 6.07) is 14.5. The molecule has 0 aliphatic rings. The van der Waals surface area contributed by atoms with Crippen molar-refractivity contribution in [3.63, 3.8) is 0 Å². The molecule has 3 nitrogen and oxygen atoms in total. The summed E-state index contributed by atoms with van der Waals surface area (Å²) in [6.45, 7) is 2.31. The van der Waals surface area contributed by atoms with Gasteiger partial charge in [0.25, 0.3) is 5.91 Å². The lowest BCUT2D eigenvalue weighted by atomic mass is 10.1. The minimum atomic E-state index is -0.308. The van der Waals surface area contributed by atoms with E-state index in [-0.39, 0.29) is 24.9 Å². The molecule has 0 aliphatic heterocycles. The minimum Gasteiger partial charge on any atom is -0.395 e. The number of aliphatic hydroxyl groups is 1. The molecule has 0 radical (unpaired) electrons. The van der Waals surface area contributed by atoms with Crippen LogP contribution >= 0.6 is 11.3 Å². The van der Waals surface area contributed by atoms with Gasteiger partial charge in [-0.1, -0.05) is 36.4 Å². The number of fused-ring (bicyclic) bond motifs is 1. The Morgan fingerprint density at radius 3 is 2.58 bits per heavy atom. The lowest BCUT2D eigenvalue weighted by Crippen LogP contribution is -2.33. The molecule has 0 unspecified atom stereocenters. The number of benzene rings is 2. The van der Waals surface area contributed by atoms with Crippen LogP contribution in [0.5, 0.6) is 0 Å². The van der Waals surface area contributed by atoms with E-state index in [0.29, 0.717) is 22.4 Å². The largest absolute Gasteiger partial charge is 0.395 e. The second kappa shape index (κ2) is 7.11. The zero-order chi connectivity index (χ0) is 17.1. The molecule has 1 aromatic heterocycles. The number of rotatable bonds is 5. The highest BCUT2D eigenvalue weighted by Gasteiger charge is 2.22. The molecule has 1 amide bonds. The van der Waals surface area contributed by atoms with E-state index in [1.54, 1.807) is 17.9 Å². The summed E-state index contributed by atoms with van der Waals surface area (Å²) < 4.78 is 14.8. The quantitative estimate of drug-likeness (QED) is 0.761. The number of nitrogens with zero attached hydrogens (tertiary/aromatic N) is 1. The standard InChI is InChI=1S/C19H18FNO2S/c1-13-17-15(20)8-5-9-16(17)24-18(13)19(23)21(10-11-22)12-14-6-3-2-4-7-14/h2-9,22H,10-12H2,1H3. The first-order valence-corrected chi connectivity index (χ1v) is 8.55. The molecular formula is C19H18FNO2S. The molecule has 3 rings (SSSR count). The van der Waals surface area contributed by atoms with Gasteiger partial charge in [0.1, 0.15) is 5.82 Å².